The molecule has 1 aliphatic rings. The minimum atomic E-state index is 0.0153. The van der Waals surface area contributed by atoms with Crippen molar-refractivity contribution < 1.29 is 4.79 Å². The number of anilines is 1. The summed E-state index contributed by atoms with van der Waals surface area (Å²) in [5.41, 5.74) is 1.74. The predicted octanol–water partition coefficient (Wildman–Crippen LogP) is 3.59. The molecular weight excluding hydrogens is 306 g/mol. The van der Waals surface area contributed by atoms with Crippen molar-refractivity contribution in [3.05, 3.63) is 52.2 Å². The molecule has 1 atom stereocenters. The number of benzene rings is 1. The quantitative estimate of drug-likeness (QED) is 0.914. The van der Waals surface area contributed by atoms with Gasteiger partial charge in [0.25, 0.3) is 0 Å². The summed E-state index contributed by atoms with van der Waals surface area (Å²) in [5.74, 6) is 0.0153. The van der Waals surface area contributed by atoms with Gasteiger partial charge in [0.2, 0.25) is 5.91 Å². The second-order valence-corrected chi connectivity index (χ2v) is 6.70. The van der Waals surface area contributed by atoms with E-state index in [1.165, 1.54) is 4.88 Å². The van der Waals surface area contributed by atoms with Crippen LogP contribution in [0.2, 0.25) is 0 Å². The first-order valence-corrected chi connectivity index (χ1v) is 8.67. The van der Waals surface area contributed by atoms with E-state index >= 15 is 0 Å². The second kappa shape index (κ2) is 7.40. The summed E-state index contributed by atoms with van der Waals surface area (Å²) in [6.07, 6.45) is 2.65. The van der Waals surface area contributed by atoms with Gasteiger partial charge in [-0.2, -0.15) is 5.26 Å². The molecule has 0 spiro atoms. The van der Waals surface area contributed by atoms with Crippen molar-refractivity contribution in [1.29, 1.82) is 5.26 Å². The minimum Gasteiger partial charge on any atom is -0.325 e. The van der Waals surface area contributed by atoms with Gasteiger partial charge < -0.3 is 5.32 Å². The Kier molecular flexibility index (Phi) is 5.06. The summed E-state index contributed by atoms with van der Waals surface area (Å²) in [5, 5.41) is 13.7. The molecule has 0 bridgehead atoms. The Balaban J connectivity index is 1.57. The molecule has 0 saturated carbocycles. The number of carbonyl (C=O) groups excluding carboxylic acids is 1. The number of likely N-dealkylation sites (tertiary alicyclic amines) is 1. The molecule has 2 heterocycles. The highest BCUT2D eigenvalue weighted by molar-refractivity contribution is 7.10. The highest BCUT2D eigenvalue weighted by Gasteiger charge is 2.28. The highest BCUT2D eigenvalue weighted by Crippen LogP contribution is 2.34. The fourth-order valence-corrected chi connectivity index (χ4v) is 3.90. The van der Waals surface area contributed by atoms with Crippen LogP contribution in [-0.2, 0) is 11.2 Å². The molecule has 118 valence electrons. The molecule has 3 rings (SSSR count). The first-order chi connectivity index (χ1) is 11.3. The van der Waals surface area contributed by atoms with E-state index in [1.54, 1.807) is 11.3 Å². The van der Waals surface area contributed by atoms with E-state index in [4.69, 9.17) is 5.26 Å². The summed E-state index contributed by atoms with van der Waals surface area (Å²) >= 11 is 1.76. The lowest BCUT2D eigenvalue weighted by molar-refractivity contribution is -0.117. The van der Waals surface area contributed by atoms with Crippen molar-refractivity contribution in [2.45, 2.75) is 25.3 Å². The number of hydrogen-bond acceptors (Lipinski definition) is 4. The summed E-state index contributed by atoms with van der Waals surface area (Å²) < 4.78 is 0. The molecule has 1 aromatic carbocycles. The molecule has 1 fully saturated rings. The molecule has 0 unspecified atom stereocenters. The second-order valence-electron chi connectivity index (χ2n) is 5.72. The van der Waals surface area contributed by atoms with E-state index in [0.29, 0.717) is 19.0 Å². The van der Waals surface area contributed by atoms with Gasteiger partial charge in [0.05, 0.1) is 19.0 Å². The van der Waals surface area contributed by atoms with E-state index < -0.39 is 0 Å². The van der Waals surface area contributed by atoms with Gasteiger partial charge in [-0.25, -0.2) is 0 Å². The third-order valence-corrected chi connectivity index (χ3v) is 5.08. The first-order valence-electron chi connectivity index (χ1n) is 7.79. The van der Waals surface area contributed by atoms with Crippen LogP contribution in [-0.4, -0.2) is 23.9 Å². The van der Waals surface area contributed by atoms with Gasteiger partial charge in [-0.15, -0.1) is 11.3 Å². The van der Waals surface area contributed by atoms with Crippen LogP contribution in [0.4, 0.5) is 5.69 Å². The number of hydrogen-bond donors (Lipinski definition) is 1. The van der Waals surface area contributed by atoms with Crippen molar-refractivity contribution in [3.63, 3.8) is 0 Å². The van der Waals surface area contributed by atoms with Crippen molar-refractivity contribution in [2.24, 2.45) is 0 Å². The van der Waals surface area contributed by atoms with Crippen LogP contribution in [0.15, 0.2) is 41.8 Å². The van der Waals surface area contributed by atoms with E-state index in [1.807, 2.05) is 24.3 Å². The van der Waals surface area contributed by atoms with Crippen LogP contribution in [0.3, 0.4) is 0 Å². The molecule has 0 radical (unpaired) electrons. The Bertz CT molecular complexity index is 688. The van der Waals surface area contributed by atoms with Crippen LogP contribution >= 0.6 is 11.3 Å². The molecule has 4 nitrogen and oxygen atoms in total. The van der Waals surface area contributed by atoms with Gasteiger partial charge in [0, 0.05) is 16.6 Å². The Hall–Kier alpha value is -2.16. The van der Waals surface area contributed by atoms with Crippen LogP contribution in [0.1, 0.15) is 29.3 Å². The molecule has 1 amide bonds. The standard InChI is InChI=1S/C18H19N3OS/c19-10-9-14-5-7-15(8-6-14)20-18(22)13-21-11-1-3-16(21)17-4-2-12-23-17/h2,4-8,12,16H,1,3,9,11,13H2,(H,20,22)/t16-/m0/s1. The maximum Gasteiger partial charge on any atom is 0.238 e. The summed E-state index contributed by atoms with van der Waals surface area (Å²) in [6.45, 7) is 1.39. The SMILES string of the molecule is N#CCc1ccc(NC(=O)CN2CCC[C@H]2c2cccs2)cc1. The topological polar surface area (TPSA) is 56.1 Å². The molecule has 0 aliphatic carbocycles. The van der Waals surface area contributed by atoms with Crippen molar-refractivity contribution in [2.75, 3.05) is 18.4 Å². The van der Waals surface area contributed by atoms with Gasteiger partial charge >= 0.3 is 0 Å². The Morgan fingerprint density at radius 3 is 2.87 bits per heavy atom. The summed E-state index contributed by atoms with van der Waals surface area (Å²) in [7, 11) is 0. The van der Waals surface area contributed by atoms with Gasteiger partial charge in [-0.1, -0.05) is 18.2 Å². The van der Waals surface area contributed by atoms with Crippen molar-refractivity contribution in [1.82, 2.24) is 4.90 Å². The number of amides is 1. The zero-order valence-electron chi connectivity index (χ0n) is 12.9. The van der Waals surface area contributed by atoms with Gasteiger partial charge in [0.1, 0.15) is 0 Å². The largest absolute Gasteiger partial charge is 0.325 e. The number of thiophene rings is 1. The normalized spacial score (nSPS) is 17.8. The van der Waals surface area contributed by atoms with Crippen molar-refractivity contribution >= 4 is 22.9 Å². The molecule has 1 aromatic heterocycles. The van der Waals surface area contributed by atoms with E-state index in [2.05, 4.69) is 33.8 Å². The number of carbonyl (C=O) groups is 1. The van der Waals surface area contributed by atoms with Crippen LogP contribution in [0, 0.1) is 11.3 Å². The molecule has 23 heavy (non-hydrogen) atoms. The van der Waals surface area contributed by atoms with Crippen LogP contribution < -0.4 is 5.32 Å². The van der Waals surface area contributed by atoms with Gasteiger partial charge in [-0.3, -0.25) is 9.69 Å². The lowest BCUT2D eigenvalue weighted by Gasteiger charge is -2.22. The van der Waals surface area contributed by atoms with Crippen molar-refractivity contribution in [3.8, 4) is 6.07 Å². The molecule has 5 heteroatoms. The number of nitriles is 1. The van der Waals surface area contributed by atoms with Crippen LogP contribution in [0.5, 0.6) is 0 Å². The lowest BCUT2D eigenvalue weighted by atomic mass is 10.1. The third-order valence-electron chi connectivity index (χ3n) is 4.10. The summed E-state index contributed by atoms with van der Waals surface area (Å²) in [4.78, 5) is 15.9. The highest BCUT2D eigenvalue weighted by atomic mass is 32.1. The Labute approximate surface area is 140 Å². The molecule has 2 aromatic rings. The zero-order chi connectivity index (χ0) is 16.1. The third kappa shape index (κ3) is 3.98. The Morgan fingerprint density at radius 1 is 1.35 bits per heavy atom. The average Bonchev–Trinajstić information content (AvgIpc) is 3.20. The van der Waals surface area contributed by atoms with E-state index in [-0.39, 0.29) is 5.91 Å². The molecule has 1 aliphatic heterocycles. The summed E-state index contributed by atoms with van der Waals surface area (Å²) in [6, 6.07) is 14.2. The van der Waals surface area contributed by atoms with Gasteiger partial charge in [-0.05, 0) is 48.5 Å². The maximum atomic E-state index is 12.3. The predicted molar refractivity (Wildman–Crippen MR) is 92.3 cm³/mol. The van der Waals surface area contributed by atoms with E-state index in [0.717, 1.165) is 30.6 Å². The number of nitrogens with zero attached hydrogens (tertiary/aromatic N) is 2. The first kappa shape index (κ1) is 15.7. The Morgan fingerprint density at radius 2 is 2.17 bits per heavy atom. The fourth-order valence-electron chi connectivity index (χ4n) is 3.00. The number of rotatable bonds is 5. The average molecular weight is 325 g/mol. The smallest absolute Gasteiger partial charge is 0.238 e. The molecule has 1 N–H and O–H groups in total. The van der Waals surface area contributed by atoms with E-state index in [9.17, 15) is 4.79 Å². The zero-order valence-corrected chi connectivity index (χ0v) is 13.7. The fraction of sp³-hybridized carbons (Fsp3) is 0.333. The maximum absolute atomic E-state index is 12.3. The molecular formula is C18H19N3OS. The minimum absolute atomic E-state index is 0.0153. The number of nitrogens with one attached hydrogen (secondary N) is 1. The molecule has 1 saturated heterocycles. The van der Waals surface area contributed by atoms with Crippen LogP contribution in [0.25, 0.3) is 0 Å². The lowest BCUT2D eigenvalue weighted by Crippen LogP contribution is -2.32. The van der Waals surface area contributed by atoms with Gasteiger partial charge in [0.15, 0.2) is 0 Å². The monoisotopic (exact) mass is 325 g/mol.